The van der Waals surface area contributed by atoms with Crippen LogP contribution in [0.2, 0.25) is 0 Å². The number of nitrogens with zero attached hydrogens (tertiary/aromatic N) is 2. The average Bonchev–Trinajstić information content (AvgIpc) is 2.76. The lowest BCUT2D eigenvalue weighted by Crippen LogP contribution is -2.15. The third-order valence-electron chi connectivity index (χ3n) is 4.28. The minimum Gasteiger partial charge on any atom is -0.493 e. The van der Waals surface area contributed by atoms with Gasteiger partial charge in [-0.25, -0.2) is 4.98 Å². The molecular formula is C23H20N4O2. The number of pyridine rings is 2. The lowest BCUT2D eigenvalue weighted by molar-refractivity contribution is -0.116. The average molecular weight is 384 g/mol. The van der Waals surface area contributed by atoms with Crippen LogP contribution >= 0.6 is 0 Å². The molecule has 1 amide bonds. The highest BCUT2D eigenvalue weighted by Crippen LogP contribution is 2.24. The fraction of sp³-hybridized carbons (Fsp3) is 0.0870. The van der Waals surface area contributed by atoms with E-state index in [0.717, 1.165) is 22.3 Å². The molecule has 144 valence electrons. The first-order valence-corrected chi connectivity index (χ1v) is 9.32. The van der Waals surface area contributed by atoms with Crippen LogP contribution in [0.4, 0.5) is 17.2 Å². The summed E-state index contributed by atoms with van der Waals surface area (Å²) in [7, 11) is 0. The number of anilines is 3. The van der Waals surface area contributed by atoms with Crippen molar-refractivity contribution in [1.29, 1.82) is 0 Å². The second-order valence-electron chi connectivity index (χ2n) is 6.40. The van der Waals surface area contributed by atoms with Gasteiger partial charge in [0.15, 0.2) is 0 Å². The van der Waals surface area contributed by atoms with Crippen molar-refractivity contribution in [1.82, 2.24) is 9.97 Å². The van der Waals surface area contributed by atoms with Crippen molar-refractivity contribution >= 4 is 34.0 Å². The molecule has 0 aliphatic carbocycles. The lowest BCUT2D eigenvalue weighted by Gasteiger charge is -2.10. The summed E-state index contributed by atoms with van der Waals surface area (Å²) in [5, 5.41) is 7.16. The molecule has 29 heavy (non-hydrogen) atoms. The van der Waals surface area contributed by atoms with Crippen molar-refractivity contribution in [2.24, 2.45) is 0 Å². The summed E-state index contributed by atoms with van der Waals surface area (Å²) in [6.07, 6.45) is 3.65. The van der Waals surface area contributed by atoms with Crippen LogP contribution in [0.3, 0.4) is 0 Å². The molecule has 6 nitrogen and oxygen atoms in total. The normalized spacial score (nSPS) is 10.5. The molecule has 6 heteroatoms. The number of amides is 1. The van der Waals surface area contributed by atoms with Crippen LogP contribution in [0, 0.1) is 0 Å². The van der Waals surface area contributed by atoms with Crippen LogP contribution in [0.25, 0.3) is 10.9 Å². The maximum absolute atomic E-state index is 12.1. The number of para-hydroxylation sites is 2. The van der Waals surface area contributed by atoms with Gasteiger partial charge in [0, 0.05) is 11.6 Å². The van der Waals surface area contributed by atoms with Gasteiger partial charge in [-0.05, 0) is 36.4 Å². The Morgan fingerprint density at radius 2 is 1.76 bits per heavy atom. The minimum atomic E-state index is -0.123. The molecule has 2 N–H and O–H groups in total. The number of nitrogens with one attached hydrogen (secondary N) is 2. The number of aromatic nitrogens is 2. The Hall–Kier alpha value is -3.93. The molecule has 2 aromatic carbocycles. The van der Waals surface area contributed by atoms with E-state index in [2.05, 4.69) is 20.6 Å². The van der Waals surface area contributed by atoms with E-state index >= 15 is 0 Å². The molecule has 0 radical (unpaired) electrons. The van der Waals surface area contributed by atoms with Crippen molar-refractivity contribution in [3.05, 3.63) is 85.2 Å². The quantitative estimate of drug-likeness (QED) is 0.479. The van der Waals surface area contributed by atoms with Gasteiger partial charge in [0.1, 0.15) is 11.6 Å². The highest BCUT2D eigenvalue weighted by atomic mass is 16.5. The Bertz CT molecular complexity index is 1090. The van der Waals surface area contributed by atoms with Crippen LogP contribution in [-0.2, 0) is 4.79 Å². The van der Waals surface area contributed by atoms with Gasteiger partial charge in [-0.1, -0.05) is 36.4 Å². The molecule has 0 spiro atoms. The Morgan fingerprint density at radius 1 is 0.897 bits per heavy atom. The number of benzene rings is 2. The van der Waals surface area contributed by atoms with Crippen molar-refractivity contribution in [3.8, 4) is 5.75 Å². The fourth-order valence-corrected chi connectivity index (χ4v) is 2.89. The summed E-state index contributed by atoms with van der Waals surface area (Å²) in [6, 6.07) is 22.9. The molecule has 0 saturated heterocycles. The van der Waals surface area contributed by atoms with Gasteiger partial charge in [-0.15, -0.1) is 0 Å². The summed E-state index contributed by atoms with van der Waals surface area (Å²) >= 11 is 0. The summed E-state index contributed by atoms with van der Waals surface area (Å²) < 4.78 is 5.54. The first-order valence-electron chi connectivity index (χ1n) is 9.32. The maximum Gasteiger partial charge on any atom is 0.227 e. The molecule has 4 aromatic rings. The first-order chi connectivity index (χ1) is 14.3. The van der Waals surface area contributed by atoms with E-state index in [1.54, 1.807) is 12.4 Å². The van der Waals surface area contributed by atoms with Crippen molar-refractivity contribution in [2.45, 2.75) is 6.42 Å². The Balaban J connectivity index is 1.32. The Labute approximate surface area is 168 Å². The number of hydrogen-bond acceptors (Lipinski definition) is 5. The van der Waals surface area contributed by atoms with Crippen LogP contribution in [-0.4, -0.2) is 22.5 Å². The van der Waals surface area contributed by atoms with Crippen LogP contribution in [0.15, 0.2) is 85.2 Å². The van der Waals surface area contributed by atoms with Crippen LogP contribution in [0.1, 0.15) is 6.42 Å². The third-order valence-corrected chi connectivity index (χ3v) is 4.28. The van der Waals surface area contributed by atoms with E-state index in [1.807, 2.05) is 72.8 Å². The molecule has 0 fully saturated rings. The van der Waals surface area contributed by atoms with Gasteiger partial charge in [0.2, 0.25) is 5.91 Å². The Kier molecular flexibility index (Phi) is 5.62. The van der Waals surface area contributed by atoms with Crippen LogP contribution < -0.4 is 15.4 Å². The summed E-state index contributed by atoms with van der Waals surface area (Å²) in [5.41, 5.74) is 2.40. The second-order valence-corrected chi connectivity index (χ2v) is 6.40. The topological polar surface area (TPSA) is 76.1 Å². The summed E-state index contributed by atoms with van der Waals surface area (Å²) in [6.45, 7) is 0.316. The van der Waals surface area contributed by atoms with Crippen molar-refractivity contribution < 1.29 is 9.53 Å². The van der Waals surface area contributed by atoms with Gasteiger partial charge in [0.25, 0.3) is 0 Å². The first kappa shape index (κ1) is 18.4. The SMILES string of the molecule is O=C(CCOc1ccccc1)Nc1ccc(Nc2cccc3cccnc23)nc1. The fourth-order valence-electron chi connectivity index (χ4n) is 2.89. The standard InChI is InChI=1S/C23H20N4O2/c28-22(13-15-29-19-8-2-1-3-9-19)26-18-11-12-21(25-16-18)27-20-10-4-6-17-7-5-14-24-23(17)20/h1-12,14,16H,13,15H2,(H,25,27)(H,26,28). The molecule has 0 aliphatic heterocycles. The number of carbonyl (C=O) groups is 1. The second kappa shape index (κ2) is 8.84. The monoisotopic (exact) mass is 384 g/mol. The number of fused-ring (bicyclic) bond motifs is 1. The van der Waals surface area contributed by atoms with Gasteiger partial charge >= 0.3 is 0 Å². The molecule has 2 heterocycles. The molecule has 2 aromatic heterocycles. The number of hydrogen-bond donors (Lipinski definition) is 2. The molecule has 0 atom stereocenters. The van der Waals surface area contributed by atoms with Gasteiger partial charge in [-0.2, -0.15) is 0 Å². The number of rotatable bonds is 7. The largest absolute Gasteiger partial charge is 0.493 e. The summed E-state index contributed by atoms with van der Waals surface area (Å²) in [5.74, 6) is 1.30. The smallest absolute Gasteiger partial charge is 0.227 e. The summed E-state index contributed by atoms with van der Waals surface area (Å²) in [4.78, 5) is 20.9. The lowest BCUT2D eigenvalue weighted by atomic mass is 10.2. The van der Waals surface area contributed by atoms with Gasteiger partial charge in [-0.3, -0.25) is 9.78 Å². The van der Waals surface area contributed by atoms with E-state index < -0.39 is 0 Å². The zero-order valence-corrected chi connectivity index (χ0v) is 15.7. The highest BCUT2D eigenvalue weighted by molar-refractivity contribution is 5.92. The van der Waals surface area contributed by atoms with E-state index in [-0.39, 0.29) is 12.3 Å². The number of ether oxygens (including phenoxy) is 1. The van der Waals surface area contributed by atoms with E-state index in [4.69, 9.17) is 4.74 Å². The Morgan fingerprint density at radius 3 is 2.59 bits per heavy atom. The zero-order valence-electron chi connectivity index (χ0n) is 15.7. The molecule has 0 bridgehead atoms. The van der Waals surface area contributed by atoms with Crippen molar-refractivity contribution in [3.63, 3.8) is 0 Å². The van der Waals surface area contributed by atoms with Crippen LogP contribution in [0.5, 0.6) is 5.75 Å². The molecule has 0 aliphatic rings. The maximum atomic E-state index is 12.1. The zero-order chi connectivity index (χ0) is 19.9. The van der Waals surface area contributed by atoms with Gasteiger partial charge < -0.3 is 15.4 Å². The van der Waals surface area contributed by atoms with E-state index in [9.17, 15) is 4.79 Å². The highest BCUT2D eigenvalue weighted by Gasteiger charge is 2.06. The molecular weight excluding hydrogens is 364 g/mol. The van der Waals surface area contributed by atoms with E-state index in [1.165, 1.54) is 0 Å². The van der Waals surface area contributed by atoms with Gasteiger partial charge in [0.05, 0.1) is 36.1 Å². The molecule has 0 saturated carbocycles. The molecule has 0 unspecified atom stereocenters. The minimum absolute atomic E-state index is 0.123. The number of carbonyl (C=O) groups excluding carboxylic acids is 1. The predicted octanol–water partition coefficient (Wildman–Crippen LogP) is 4.78. The van der Waals surface area contributed by atoms with E-state index in [0.29, 0.717) is 18.1 Å². The molecule has 4 rings (SSSR count). The van der Waals surface area contributed by atoms with Crippen molar-refractivity contribution in [2.75, 3.05) is 17.2 Å². The third kappa shape index (κ3) is 4.87. The predicted molar refractivity (Wildman–Crippen MR) is 114 cm³/mol.